The van der Waals surface area contributed by atoms with Crippen molar-refractivity contribution in [3.05, 3.63) is 98.6 Å². The average Bonchev–Trinajstić information content (AvgIpc) is 3.05. The van der Waals surface area contributed by atoms with Crippen molar-refractivity contribution in [2.75, 3.05) is 21.3 Å². The molecule has 0 bridgehead atoms. The summed E-state index contributed by atoms with van der Waals surface area (Å²) in [7, 11) is -8.51. The molecule has 0 heterocycles. The Labute approximate surface area is 330 Å². The van der Waals surface area contributed by atoms with Gasteiger partial charge in [0, 0.05) is 43.8 Å². The zero-order valence-corrected chi connectivity index (χ0v) is 40.5. The lowest BCUT2D eigenvalue weighted by atomic mass is 10.0. The van der Waals surface area contributed by atoms with Crippen molar-refractivity contribution < 1.29 is 35.7 Å². The van der Waals surface area contributed by atoms with Crippen LogP contribution in [0.5, 0.6) is 0 Å². The summed E-state index contributed by atoms with van der Waals surface area (Å²) in [5, 5.41) is 0.278. The summed E-state index contributed by atoms with van der Waals surface area (Å²) in [6.07, 6.45) is 2.78. The van der Waals surface area contributed by atoms with E-state index in [2.05, 4.69) is 39.3 Å². The van der Waals surface area contributed by atoms with E-state index >= 15 is 4.57 Å². The van der Waals surface area contributed by atoms with Crippen LogP contribution in [0.3, 0.4) is 0 Å². The first-order chi connectivity index (χ1) is 24.9. The van der Waals surface area contributed by atoms with Crippen molar-refractivity contribution in [1.29, 1.82) is 0 Å². The molecular formula is C41H65O8PSi4. The smallest absolute Gasteiger partial charge is 0.437 e. The maximum absolute atomic E-state index is 15.3. The van der Waals surface area contributed by atoms with Gasteiger partial charge >= 0.3 is 17.4 Å². The fourth-order valence-electron chi connectivity index (χ4n) is 7.89. The van der Waals surface area contributed by atoms with Crippen molar-refractivity contribution in [2.24, 2.45) is 0 Å². The van der Waals surface area contributed by atoms with Gasteiger partial charge in [-0.3, -0.25) is 9.59 Å². The van der Waals surface area contributed by atoms with Crippen molar-refractivity contribution in [1.82, 2.24) is 0 Å². The Kier molecular flexibility index (Phi) is 15.8. The molecule has 0 spiro atoms. The molecule has 0 aliphatic heterocycles. The average molecular weight is 829 g/mol. The standard InChI is InChI=1S/C41H65O8PSi4/c1-30-26-32(3)38(33(4)27-30)40(42)50(44,41(43)39-34(5)28-31(2)29-35(39)6)37-21-19-36(20-22-37)18-16-17-23-51(10,11)48-53(14,15)49-52(12,13)24-25-54(45-7,46-8)47-9/h19-22,26-29H,16-18,23-25H2,1-15H3. The number of carbonyl (C=O) groups excluding carboxylic acids is 2. The van der Waals surface area contributed by atoms with Gasteiger partial charge in [-0.05, 0) is 134 Å². The van der Waals surface area contributed by atoms with Gasteiger partial charge in [-0.25, -0.2) is 0 Å². The number of hydrogen-bond donors (Lipinski definition) is 0. The predicted molar refractivity (Wildman–Crippen MR) is 232 cm³/mol. The number of hydrogen-bond acceptors (Lipinski definition) is 8. The predicted octanol–water partition coefficient (Wildman–Crippen LogP) is 10.6. The topological polar surface area (TPSA) is 97.4 Å². The first-order valence-electron chi connectivity index (χ1n) is 19.0. The van der Waals surface area contributed by atoms with Crippen LogP contribution in [-0.2, 0) is 32.5 Å². The molecule has 298 valence electrons. The minimum atomic E-state index is -4.27. The summed E-state index contributed by atoms with van der Waals surface area (Å²) in [5.41, 5.74) is 5.53. The minimum Gasteiger partial charge on any atom is -0.437 e. The first kappa shape index (κ1) is 46.3. The van der Waals surface area contributed by atoms with E-state index in [4.69, 9.17) is 21.5 Å². The molecule has 0 aliphatic rings. The van der Waals surface area contributed by atoms with Crippen LogP contribution in [0.4, 0.5) is 0 Å². The van der Waals surface area contributed by atoms with Crippen molar-refractivity contribution in [3.8, 4) is 0 Å². The molecule has 54 heavy (non-hydrogen) atoms. The molecule has 0 saturated carbocycles. The van der Waals surface area contributed by atoms with Crippen LogP contribution in [0.25, 0.3) is 0 Å². The number of carbonyl (C=O) groups is 2. The van der Waals surface area contributed by atoms with Crippen LogP contribution >= 0.6 is 7.14 Å². The second kappa shape index (κ2) is 18.4. The van der Waals surface area contributed by atoms with E-state index in [1.807, 2.05) is 77.9 Å². The minimum absolute atomic E-state index is 0.278. The van der Waals surface area contributed by atoms with Crippen LogP contribution in [0.2, 0.25) is 57.4 Å². The van der Waals surface area contributed by atoms with Crippen molar-refractivity contribution >= 4 is 57.5 Å². The zero-order chi connectivity index (χ0) is 40.9. The Morgan fingerprint density at radius 1 is 0.574 bits per heavy atom. The zero-order valence-electron chi connectivity index (χ0n) is 35.6. The monoisotopic (exact) mass is 828 g/mol. The Morgan fingerprint density at radius 2 is 0.963 bits per heavy atom. The van der Waals surface area contributed by atoms with Gasteiger partial charge in [-0.2, -0.15) is 0 Å². The Balaban J connectivity index is 1.75. The van der Waals surface area contributed by atoms with E-state index in [0.717, 1.165) is 70.3 Å². The maximum Gasteiger partial charge on any atom is 0.499 e. The molecule has 0 N–H and O–H groups in total. The molecule has 0 radical (unpaired) electrons. The Morgan fingerprint density at radius 3 is 1.35 bits per heavy atom. The second-order valence-corrected chi connectivity index (χ2v) is 34.7. The molecule has 13 heteroatoms. The highest BCUT2D eigenvalue weighted by molar-refractivity contribution is 8.01. The normalized spacial score (nSPS) is 13.0. The highest BCUT2D eigenvalue weighted by atomic mass is 31.2. The molecule has 0 aliphatic carbocycles. The third-order valence-corrected chi connectivity index (χ3v) is 27.4. The van der Waals surface area contributed by atoms with Gasteiger partial charge in [0.05, 0.1) is 0 Å². The van der Waals surface area contributed by atoms with Gasteiger partial charge < -0.3 is 26.1 Å². The summed E-state index contributed by atoms with van der Waals surface area (Å²) < 4.78 is 45.8. The Hall–Kier alpha value is -2.10. The lowest BCUT2D eigenvalue weighted by Gasteiger charge is -2.39. The van der Waals surface area contributed by atoms with Crippen molar-refractivity contribution in [3.63, 3.8) is 0 Å². The van der Waals surface area contributed by atoms with Gasteiger partial charge in [-0.15, -0.1) is 0 Å². The number of rotatable bonds is 20. The van der Waals surface area contributed by atoms with E-state index in [0.29, 0.717) is 17.2 Å². The van der Waals surface area contributed by atoms with Gasteiger partial charge in [0.2, 0.25) is 18.2 Å². The summed E-state index contributed by atoms with van der Waals surface area (Å²) in [6.45, 7) is 24.6. The fourth-order valence-corrected chi connectivity index (χ4v) is 28.3. The maximum atomic E-state index is 15.3. The van der Waals surface area contributed by atoms with E-state index in [1.165, 1.54) is 0 Å². The molecule has 8 nitrogen and oxygen atoms in total. The third kappa shape index (κ3) is 11.5. The molecule has 0 unspecified atom stereocenters. The molecule has 0 amide bonds. The third-order valence-electron chi connectivity index (χ3n) is 10.2. The van der Waals surface area contributed by atoms with E-state index < -0.39 is 52.2 Å². The summed E-state index contributed by atoms with van der Waals surface area (Å²) in [5.74, 6) is 0. The molecule has 0 atom stereocenters. The lowest BCUT2D eigenvalue weighted by Crippen LogP contribution is -2.53. The van der Waals surface area contributed by atoms with Gasteiger partial charge in [-0.1, -0.05) is 66.1 Å². The van der Waals surface area contributed by atoms with Crippen LogP contribution in [0.1, 0.15) is 72.5 Å². The summed E-state index contributed by atoms with van der Waals surface area (Å²) in [4.78, 5) is 29.0. The van der Waals surface area contributed by atoms with Gasteiger partial charge in [0.15, 0.2) is 16.6 Å². The highest BCUT2D eigenvalue weighted by Gasteiger charge is 2.46. The largest absolute Gasteiger partial charge is 0.499 e. The van der Waals surface area contributed by atoms with Crippen LogP contribution in [0.15, 0.2) is 48.5 Å². The second-order valence-electron chi connectivity index (χ2n) is 16.6. The van der Waals surface area contributed by atoms with Crippen LogP contribution in [-0.4, -0.2) is 66.4 Å². The molecule has 3 aromatic carbocycles. The van der Waals surface area contributed by atoms with Crippen LogP contribution < -0.4 is 5.30 Å². The molecule has 0 saturated heterocycles. The SMILES string of the molecule is CO[Si](CC[Si](C)(C)O[Si](C)(C)O[Si](C)(C)CCCCc1ccc(P(=O)(C(=O)c2c(C)cc(C)cc2C)C(=O)c2c(C)cc(C)cc2C)cc1)(OC)OC. The van der Waals surface area contributed by atoms with Gasteiger partial charge in [0.25, 0.3) is 0 Å². The van der Waals surface area contributed by atoms with Crippen LogP contribution in [0, 0.1) is 41.5 Å². The van der Waals surface area contributed by atoms with E-state index in [1.54, 1.807) is 33.5 Å². The highest BCUT2D eigenvalue weighted by Crippen LogP contribution is 2.53. The molecular weight excluding hydrogens is 764 g/mol. The number of aryl methyl sites for hydroxylation is 7. The lowest BCUT2D eigenvalue weighted by molar-refractivity contribution is 0.103. The molecule has 0 aromatic heterocycles. The molecule has 3 aromatic rings. The molecule has 0 fully saturated rings. The number of unbranched alkanes of at least 4 members (excludes halogenated alkanes) is 1. The van der Waals surface area contributed by atoms with Gasteiger partial charge in [0.1, 0.15) is 0 Å². The number of benzene rings is 3. The first-order valence-corrected chi connectivity index (χ1v) is 31.6. The molecule has 3 rings (SSSR count). The summed E-state index contributed by atoms with van der Waals surface area (Å²) >= 11 is 0. The van der Waals surface area contributed by atoms with Crippen molar-refractivity contribution in [2.45, 2.75) is 118 Å². The summed E-state index contributed by atoms with van der Waals surface area (Å²) in [6, 6.07) is 17.6. The quantitative estimate of drug-likeness (QED) is 0.0631. The Bertz CT molecular complexity index is 1720. The van der Waals surface area contributed by atoms with E-state index in [9.17, 15) is 9.59 Å². The van der Waals surface area contributed by atoms with E-state index in [-0.39, 0.29) is 5.30 Å². The fraction of sp³-hybridized carbons (Fsp3) is 0.512.